The highest BCUT2D eigenvalue weighted by atomic mass is 15.2. The number of hydrogen-bond acceptors (Lipinski definition) is 2. The number of nitrogens with zero attached hydrogens (tertiary/aromatic N) is 2. The summed E-state index contributed by atoms with van der Waals surface area (Å²) in [6, 6.07) is 10.8. The second-order valence-corrected chi connectivity index (χ2v) is 5.31. The minimum Gasteiger partial charge on any atom is -0.352 e. The Morgan fingerprint density at radius 2 is 1.89 bits per heavy atom. The van der Waals surface area contributed by atoms with E-state index >= 15 is 0 Å². The molecule has 1 heterocycles. The minimum atomic E-state index is 0.448. The lowest BCUT2D eigenvalue weighted by atomic mass is 10.0. The second kappa shape index (κ2) is 5.91. The summed E-state index contributed by atoms with van der Waals surface area (Å²) in [5.41, 5.74) is 2.18. The first-order chi connectivity index (χ1) is 9.11. The highest BCUT2D eigenvalue weighted by Crippen LogP contribution is 2.19. The zero-order chi connectivity index (χ0) is 13.8. The van der Waals surface area contributed by atoms with Crippen LogP contribution in [0.5, 0.6) is 0 Å². The number of aryl methyl sites for hydroxylation is 1. The van der Waals surface area contributed by atoms with Gasteiger partial charge in [0.25, 0.3) is 0 Å². The molecule has 0 amide bonds. The van der Waals surface area contributed by atoms with Gasteiger partial charge in [-0.1, -0.05) is 39.0 Å². The highest BCUT2D eigenvalue weighted by Gasteiger charge is 2.15. The van der Waals surface area contributed by atoms with Crippen molar-refractivity contribution in [3.05, 3.63) is 42.2 Å². The molecule has 1 aromatic carbocycles. The Bertz CT molecular complexity index is 514. The van der Waals surface area contributed by atoms with Gasteiger partial charge in [-0.15, -0.1) is 0 Å². The molecule has 3 heteroatoms. The molecule has 0 radical (unpaired) electrons. The molecule has 102 valence electrons. The van der Waals surface area contributed by atoms with E-state index < -0.39 is 0 Å². The molecule has 2 aromatic rings. The van der Waals surface area contributed by atoms with E-state index in [0.717, 1.165) is 23.8 Å². The van der Waals surface area contributed by atoms with Gasteiger partial charge in [0, 0.05) is 17.9 Å². The van der Waals surface area contributed by atoms with Crippen molar-refractivity contribution in [2.75, 3.05) is 5.32 Å². The Hall–Kier alpha value is -1.77. The molecule has 0 aliphatic carbocycles. The third-order valence-corrected chi connectivity index (χ3v) is 3.42. The van der Waals surface area contributed by atoms with Crippen molar-refractivity contribution in [2.45, 2.75) is 40.2 Å². The van der Waals surface area contributed by atoms with E-state index in [2.05, 4.69) is 54.0 Å². The quantitative estimate of drug-likeness (QED) is 0.876. The Morgan fingerprint density at radius 3 is 2.47 bits per heavy atom. The number of imidazole rings is 1. The lowest BCUT2D eigenvalue weighted by molar-refractivity contribution is 0.507. The lowest BCUT2D eigenvalue weighted by Gasteiger charge is -2.22. The average Bonchev–Trinajstić information content (AvgIpc) is 2.77. The van der Waals surface area contributed by atoms with Crippen LogP contribution >= 0.6 is 0 Å². The van der Waals surface area contributed by atoms with Crippen LogP contribution < -0.4 is 5.32 Å². The standard InChI is InChI=1S/C16H23N3/c1-5-15(12(2)3)18-16-17-13(4)11-19(16)14-9-7-6-8-10-14/h6-12,15H,5H2,1-4H3,(H,17,18). The van der Waals surface area contributed by atoms with Gasteiger partial charge < -0.3 is 5.32 Å². The van der Waals surface area contributed by atoms with Crippen molar-refractivity contribution in [2.24, 2.45) is 5.92 Å². The Labute approximate surface area is 115 Å². The molecule has 1 aromatic heterocycles. The maximum atomic E-state index is 4.61. The molecule has 1 unspecified atom stereocenters. The second-order valence-electron chi connectivity index (χ2n) is 5.31. The number of nitrogens with one attached hydrogen (secondary N) is 1. The summed E-state index contributed by atoms with van der Waals surface area (Å²) in [5, 5.41) is 3.57. The number of benzene rings is 1. The minimum absolute atomic E-state index is 0.448. The molecular formula is C16H23N3. The van der Waals surface area contributed by atoms with Crippen molar-refractivity contribution in [3.8, 4) is 5.69 Å². The van der Waals surface area contributed by atoms with Gasteiger partial charge in [0.15, 0.2) is 0 Å². The van der Waals surface area contributed by atoms with Crippen molar-refractivity contribution >= 4 is 5.95 Å². The van der Waals surface area contributed by atoms with Crippen LogP contribution in [0.25, 0.3) is 5.69 Å². The van der Waals surface area contributed by atoms with Gasteiger partial charge in [-0.2, -0.15) is 0 Å². The summed E-state index contributed by atoms with van der Waals surface area (Å²) in [6.07, 6.45) is 3.17. The molecule has 0 bridgehead atoms. The zero-order valence-electron chi connectivity index (χ0n) is 12.2. The van der Waals surface area contributed by atoms with Crippen LogP contribution in [0.1, 0.15) is 32.9 Å². The number of rotatable bonds is 5. The average molecular weight is 257 g/mol. The van der Waals surface area contributed by atoms with E-state index in [9.17, 15) is 0 Å². The van der Waals surface area contributed by atoms with Gasteiger partial charge >= 0.3 is 0 Å². The van der Waals surface area contributed by atoms with E-state index in [1.54, 1.807) is 0 Å². The Morgan fingerprint density at radius 1 is 1.21 bits per heavy atom. The van der Waals surface area contributed by atoms with Crippen molar-refractivity contribution in [1.82, 2.24) is 9.55 Å². The number of anilines is 1. The summed E-state index contributed by atoms with van der Waals surface area (Å²) >= 11 is 0. The summed E-state index contributed by atoms with van der Waals surface area (Å²) in [6.45, 7) is 8.72. The van der Waals surface area contributed by atoms with Crippen LogP contribution in [0.3, 0.4) is 0 Å². The number of hydrogen-bond donors (Lipinski definition) is 1. The van der Waals surface area contributed by atoms with Gasteiger partial charge in [-0.25, -0.2) is 4.98 Å². The van der Waals surface area contributed by atoms with E-state index in [4.69, 9.17) is 0 Å². The fraction of sp³-hybridized carbons (Fsp3) is 0.438. The van der Waals surface area contributed by atoms with Crippen LogP contribution in [0.15, 0.2) is 36.5 Å². The van der Waals surface area contributed by atoms with Gasteiger partial charge in [-0.05, 0) is 31.4 Å². The van der Waals surface area contributed by atoms with Crippen molar-refractivity contribution < 1.29 is 0 Å². The molecule has 19 heavy (non-hydrogen) atoms. The number of para-hydroxylation sites is 1. The van der Waals surface area contributed by atoms with Gasteiger partial charge in [0.1, 0.15) is 0 Å². The predicted octanol–water partition coefficient (Wildman–Crippen LogP) is 4.03. The monoisotopic (exact) mass is 257 g/mol. The maximum Gasteiger partial charge on any atom is 0.207 e. The van der Waals surface area contributed by atoms with Crippen LogP contribution in [-0.2, 0) is 0 Å². The zero-order valence-corrected chi connectivity index (χ0v) is 12.2. The van der Waals surface area contributed by atoms with E-state index in [1.807, 2.05) is 25.1 Å². The summed E-state index contributed by atoms with van der Waals surface area (Å²) < 4.78 is 2.13. The lowest BCUT2D eigenvalue weighted by Crippen LogP contribution is -2.26. The topological polar surface area (TPSA) is 29.9 Å². The molecule has 0 fully saturated rings. The first kappa shape index (κ1) is 13.7. The molecular weight excluding hydrogens is 234 g/mol. The molecule has 1 N–H and O–H groups in total. The smallest absolute Gasteiger partial charge is 0.207 e. The van der Waals surface area contributed by atoms with Crippen LogP contribution in [0.4, 0.5) is 5.95 Å². The third-order valence-electron chi connectivity index (χ3n) is 3.42. The molecule has 0 aliphatic rings. The summed E-state index contributed by atoms with van der Waals surface area (Å²) in [5.74, 6) is 1.52. The molecule has 0 spiro atoms. The van der Waals surface area contributed by atoms with Crippen LogP contribution in [-0.4, -0.2) is 15.6 Å². The SMILES string of the molecule is CCC(Nc1nc(C)cn1-c1ccccc1)C(C)C. The molecule has 1 atom stereocenters. The number of aromatic nitrogens is 2. The maximum absolute atomic E-state index is 4.61. The fourth-order valence-corrected chi connectivity index (χ4v) is 2.29. The normalized spacial score (nSPS) is 12.7. The summed E-state index contributed by atoms with van der Waals surface area (Å²) in [4.78, 5) is 4.61. The molecule has 2 rings (SSSR count). The van der Waals surface area contributed by atoms with Crippen LogP contribution in [0.2, 0.25) is 0 Å². The molecule has 3 nitrogen and oxygen atoms in total. The van der Waals surface area contributed by atoms with E-state index in [-0.39, 0.29) is 0 Å². The Kier molecular flexibility index (Phi) is 4.25. The third kappa shape index (κ3) is 3.16. The van der Waals surface area contributed by atoms with E-state index in [1.165, 1.54) is 0 Å². The first-order valence-electron chi connectivity index (χ1n) is 6.99. The highest BCUT2D eigenvalue weighted by molar-refractivity contribution is 5.43. The fourth-order valence-electron chi connectivity index (χ4n) is 2.29. The summed E-state index contributed by atoms with van der Waals surface area (Å²) in [7, 11) is 0. The van der Waals surface area contributed by atoms with Gasteiger partial charge in [-0.3, -0.25) is 4.57 Å². The molecule has 0 aliphatic heterocycles. The van der Waals surface area contributed by atoms with Gasteiger partial charge in [0.2, 0.25) is 5.95 Å². The molecule has 0 saturated heterocycles. The van der Waals surface area contributed by atoms with Crippen LogP contribution in [0, 0.1) is 12.8 Å². The van der Waals surface area contributed by atoms with Gasteiger partial charge in [0.05, 0.1) is 5.69 Å². The predicted molar refractivity (Wildman–Crippen MR) is 80.8 cm³/mol. The van der Waals surface area contributed by atoms with E-state index in [0.29, 0.717) is 12.0 Å². The van der Waals surface area contributed by atoms with Crippen molar-refractivity contribution in [3.63, 3.8) is 0 Å². The Balaban J connectivity index is 2.31. The van der Waals surface area contributed by atoms with Crippen molar-refractivity contribution in [1.29, 1.82) is 0 Å². The largest absolute Gasteiger partial charge is 0.352 e. The molecule has 0 saturated carbocycles. The first-order valence-corrected chi connectivity index (χ1v) is 6.99.